The minimum Gasteiger partial charge on any atom is -0.369 e. The maximum Gasteiger partial charge on any atom is 0.144 e. The van der Waals surface area contributed by atoms with Gasteiger partial charge < -0.3 is 5.32 Å². The Labute approximate surface area is 129 Å². The standard InChI is InChI=1S/C16H20BrN3/c1-3-5-11-13-19-15(12-9-7-6-8-10-12)14(17)16(20-13)18-4-2/h6-10H,3-5,11H2,1-2H3,(H,18,19,20). The van der Waals surface area contributed by atoms with Crippen molar-refractivity contribution in [3.05, 3.63) is 40.6 Å². The van der Waals surface area contributed by atoms with Crippen molar-refractivity contribution in [2.45, 2.75) is 33.1 Å². The van der Waals surface area contributed by atoms with Gasteiger partial charge in [-0.1, -0.05) is 43.7 Å². The molecule has 0 unspecified atom stereocenters. The predicted molar refractivity (Wildman–Crippen MR) is 87.9 cm³/mol. The Balaban J connectivity index is 2.45. The molecule has 4 heteroatoms. The lowest BCUT2D eigenvalue weighted by atomic mass is 10.1. The van der Waals surface area contributed by atoms with Crippen LogP contribution in [0.1, 0.15) is 32.5 Å². The first-order chi connectivity index (χ1) is 9.76. The van der Waals surface area contributed by atoms with Crippen LogP contribution < -0.4 is 5.32 Å². The van der Waals surface area contributed by atoms with Crippen LogP contribution in [0.2, 0.25) is 0 Å². The van der Waals surface area contributed by atoms with Gasteiger partial charge in [0.15, 0.2) is 0 Å². The van der Waals surface area contributed by atoms with Crippen LogP contribution in [0, 0.1) is 0 Å². The number of rotatable bonds is 6. The summed E-state index contributed by atoms with van der Waals surface area (Å²) in [4.78, 5) is 9.34. The third-order valence-corrected chi connectivity index (χ3v) is 3.79. The number of unbranched alkanes of at least 4 members (excludes halogenated alkanes) is 1. The fourth-order valence-corrected chi connectivity index (χ4v) is 2.56. The van der Waals surface area contributed by atoms with Crippen molar-refractivity contribution in [3.63, 3.8) is 0 Å². The largest absolute Gasteiger partial charge is 0.369 e. The molecule has 0 amide bonds. The molecular weight excluding hydrogens is 314 g/mol. The second-order valence-corrected chi connectivity index (χ2v) is 5.44. The van der Waals surface area contributed by atoms with Gasteiger partial charge in [0.1, 0.15) is 11.6 Å². The normalized spacial score (nSPS) is 10.6. The van der Waals surface area contributed by atoms with Gasteiger partial charge in [0.2, 0.25) is 0 Å². The van der Waals surface area contributed by atoms with Crippen molar-refractivity contribution >= 4 is 21.7 Å². The summed E-state index contributed by atoms with van der Waals surface area (Å²) >= 11 is 3.63. The zero-order valence-electron chi connectivity index (χ0n) is 12.0. The van der Waals surface area contributed by atoms with E-state index in [-0.39, 0.29) is 0 Å². The van der Waals surface area contributed by atoms with Crippen LogP contribution in [-0.2, 0) is 6.42 Å². The molecule has 3 nitrogen and oxygen atoms in total. The Hall–Kier alpha value is -1.42. The van der Waals surface area contributed by atoms with E-state index in [2.05, 4.69) is 52.2 Å². The van der Waals surface area contributed by atoms with Crippen molar-refractivity contribution in [1.82, 2.24) is 9.97 Å². The van der Waals surface area contributed by atoms with Crippen molar-refractivity contribution in [2.24, 2.45) is 0 Å². The molecule has 0 saturated heterocycles. The zero-order chi connectivity index (χ0) is 14.4. The van der Waals surface area contributed by atoms with Crippen LogP contribution in [0.5, 0.6) is 0 Å². The molecule has 0 aliphatic rings. The Morgan fingerprint density at radius 2 is 1.85 bits per heavy atom. The second kappa shape index (κ2) is 7.39. The number of nitrogens with zero attached hydrogens (tertiary/aromatic N) is 2. The van der Waals surface area contributed by atoms with Gasteiger partial charge in [-0.05, 0) is 29.3 Å². The molecule has 20 heavy (non-hydrogen) atoms. The first-order valence-corrected chi connectivity index (χ1v) is 7.91. The molecule has 0 aliphatic heterocycles. The number of aryl methyl sites for hydroxylation is 1. The predicted octanol–water partition coefficient (Wildman–Crippen LogP) is 4.68. The summed E-state index contributed by atoms with van der Waals surface area (Å²) in [6.45, 7) is 5.10. The molecule has 2 aromatic rings. The van der Waals surface area contributed by atoms with Gasteiger partial charge in [-0.25, -0.2) is 9.97 Å². The Morgan fingerprint density at radius 1 is 1.10 bits per heavy atom. The highest BCUT2D eigenvalue weighted by Gasteiger charge is 2.13. The number of hydrogen-bond acceptors (Lipinski definition) is 3. The van der Waals surface area contributed by atoms with Crippen LogP contribution in [0.4, 0.5) is 5.82 Å². The monoisotopic (exact) mass is 333 g/mol. The van der Waals surface area contributed by atoms with E-state index < -0.39 is 0 Å². The molecular formula is C16H20BrN3. The summed E-state index contributed by atoms with van der Waals surface area (Å²) in [5.41, 5.74) is 2.07. The van der Waals surface area contributed by atoms with Gasteiger partial charge in [-0.2, -0.15) is 0 Å². The molecule has 1 heterocycles. The van der Waals surface area contributed by atoms with Gasteiger partial charge in [0.05, 0.1) is 10.2 Å². The third kappa shape index (κ3) is 3.57. The summed E-state index contributed by atoms with van der Waals surface area (Å²) in [6, 6.07) is 10.2. The molecule has 1 N–H and O–H groups in total. The maximum absolute atomic E-state index is 4.72. The lowest BCUT2D eigenvalue weighted by molar-refractivity contribution is 0.753. The molecule has 0 fully saturated rings. The van der Waals surface area contributed by atoms with E-state index in [1.54, 1.807) is 0 Å². The van der Waals surface area contributed by atoms with E-state index in [1.807, 2.05) is 18.2 Å². The topological polar surface area (TPSA) is 37.8 Å². The van der Waals surface area contributed by atoms with Crippen molar-refractivity contribution in [1.29, 1.82) is 0 Å². The van der Waals surface area contributed by atoms with E-state index in [4.69, 9.17) is 4.98 Å². The average Bonchev–Trinajstić information content (AvgIpc) is 2.49. The quantitative estimate of drug-likeness (QED) is 0.833. The first kappa shape index (κ1) is 15.0. The summed E-state index contributed by atoms with van der Waals surface area (Å²) in [6.07, 6.45) is 3.18. The Bertz CT molecular complexity index is 555. The molecule has 1 aromatic heterocycles. The molecule has 2 rings (SSSR count). The highest BCUT2D eigenvalue weighted by atomic mass is 79.9. The number of benzene rings is 1. The van der Waals surface area contributed by atoms with Crippen LogP contribution in [0.3, 0.4) is 0 Å². The van der Waals surface area contributed by atoms with Gasteiger partial charge in [-0.15, -0.1) is 0 Å². The SMILES string of the molecule is CCCCc1nc(NCC)c(Br)c(-c2ccccc2)n1. The first-order valence-electron chi connectivity index (χ1n) is 7.12. The van der Waals surface area contributed by atoms with Crippen LogP contribution in [0.25, 0.3) is 11.3 Å². The Kier molecular flexibility index (Phi) is 5.53. The molecule has 0 saturated carbocycles. The van der Waals surface area contributed by atoms with E-state index in [9.17, 15) is 0 Å². The van der Waals surface area contributed by atoms with E-state index in [0.717, 1.165) is 53.2 Å². The van der Waals surface area contributed by atoms with Gasteiger partial charge >= 0.3 is 0 Å². The summed E-state index contributed by atoms with van der Waals surface area (Å²) in [5.74, 6) is 1.79. The molecule has 0 bridgehead atoms. The third-order valence-electron chi connectivity index (χ3n) is 3.04. The van der Waals surface area contributed by atoms with Crippen LogP contribution in [-0.4, -0.2) is 16.5 Å². The number of anilines is 1. The molecule has 0 atom stereocenters. The number of nitrogens with one attached hydrogen (secondary N) is 1. The van der Waals surface area contributed by atoms with Crippen molar-refractivity contribution in [2.75, 3.05) is 11.9 Å². The van der Waals surface area contributed by atoms with Gasteiger partial charge in [0.25, 0.3) is 0 Å². The molecule has 106 valence electrons. The van der Waals surface area contributed by atoms with Crippen LogP contribution >= 0.6 is 15.9 Å². The molecule has 0 spiro atoms. The number of hydrogen-bond donors (Lipinski definition) is 1. The lowest BCUT2D eigenvalue weighted by Crippen LogP contribution is -2.06. The molecule has 0 radical (unpaired) electrons. The molecule has 1 aromatic carbocycles. The van der Waals surface area contributed by atoms with Crippen molar-refractivity contribution in [3.8, 4) is 11.3 Å². The average molecular weight is 334 g/mol. The fraction of sp³-hybridized carbons (Fsp3) is 0.375. The summed E-state index contributed by atoms with van der Waals surface area (Å²) in [5, 5.41) is 3.30. The van der Waals surface area contributed by atoms with Gasteiger partial charge in [0, 0.05) is 18.5 Å². The maximum atomic E-state index is 4.72. The smallest absolute Gasteiger partial charge is 0.144 e. The van der Waals surface area contributed by atoms with Gasteiger partial charge in [-0.3, -0.25) is 0 Å². The fourth-order valence-electron chi connectivity index (χ4n) is 2.01. The molecule has 0 aliphatic carbocycles. The minimum atomic E-state index is 0.844. The van der Waals surface area contributed by atoms with Crippen LogP contribution in [0.15, 0.2) is 34.8 Å². The van der Waals surface area contributed by atoms with E-state index in [0.29, 0.717) is 0 Å². The zero-order valence-corrected chi connectivity index (χ0v) is 13.6. The second-order valence-electron chi connectivity index (χ2n) is 4.65. The number of aromatic nitrogens is 2. The Morgan fingerprint density at radius 3 is 2.50 bits per heavy atom. The van der Waals surface area contributed by atoms with Crippen molar-refractivity contribution < 1.29 is 0 Å². The highest BCUT2D eigenvalue weighted by Crippen LogP contribution is 2.31. The lowest BCUT2D eigenvalue weighted by Gasteiger charge is -2.12. The number of halogens is 1. The highest BCUT2D eigenvalue weighted by molar-refractivity contribution is 9.10. The van der Waals surface area contributed by atoms with E-state index in [1.165, 1.54) is 0 Å². The van der Waals surface area contributed by atoms with E-state index >= 15 is 0 Å². The summed E-state index contributed by atoms with van der Waals surface area (Å²) < 4.78 is 0.936. The minimum absolute atomic E-state index is 0.844. The summed E-state index contributed by atoms with van der Waals surface area (Å²) in [7, 11) is 0.